The van der Waals surface area contributed by atoms with Crippen LogP contribution in [-0.2, 0) is 16.6 Å². The molecule has 0 bridgehead atoms. The molecule has 0 N–H and O–H groups in total. The fourth-order valence-electron chi connectivity index (χ4n) is 2.26. The summed E-state index contributed by atoms with van der Waals surface area (Å²) in [5.74, 6) is -0.749. The molecule has 0 atom stereocenters. The van der Waals surface area contributed by atoms with Crippen LogP contribution < -0.4 is 4.90 Å². The molecule has 0 spiro atoms. The van der Waals surface area contributed by atoms with Gasteiger partial charge >= 0.3 is 5.97 Å². The van der Waals surface area contributed by atoms with E-state index in [0.717, 1.165) is 5.69 Å². The molecule has 1 aromatic carbocycles. The third-order valence-electron chi connectivity index (χ3n) is 3.30. The number of carbonyl (C=O) groups excluding carboxylic acids is 2. The zero-order valence-electron chi connectivity index (χ0n) is 13.0. The van der Waals surface area contributed by atoms with Gasteiger partial charge in [-0.3, -0.25) is 4.79 Å². The van der Waals surface area contributed by atoms with Crippen molar-refractivity contribution in [3.05, 3.63) is 54.4 Å². The van der Waals surface area contributed by atoms with Crippen LogP contribution in [0.1, 0.15) is 24.3 Å². The summed E-state index contributed by atoms with van der Waals surface area (Å²) in [5.41, 5.74) is 1.21. The SMILES string of the molecule is CC(C)N(C(=O)COC(=O)c1cccn1C)c1ccccc1. The number of amides is 1. The first-order chi connectivity index (χ1) is 10.5. The predicted molar refractivity (Wildman–Crippen MR) is 84.8 cm³/mol. The minimum absolute atomic E-state index is 0.0244. The minimum Gasteiger partial charge on any atom is -0.451 e. The van der Waals surface area contributed by atoms with Crippen molar-refractivity contribution < 1.29 is 14.3 Å². The van der Waals surface area contributed by atoms with E-state index in [9.17, 15) is 9.59 Å². The second kappa shape index (κ2) is 6.93. The summed E-state index contributed by atoms with van der Waals surface area (Å²) in [7, 11) is 1.75. The van der Waals surface area contributed by atoms with Crippen LogP contribution in [0.4, 0.5) is 5.69 Å². The van der Waals surface area contributed by atoms with Crippen LogP contribution >= 0.6 is 0 Å². The number of aromatic nitrogens is 1. The van der Waals surface area contributed by atoms with Gasteiger partial charge in [0, 0.05) is 25.0 Å². The van der Waals surface area contributed by atoms with Gasteiger partial charge in [-0.1, -0.05) is 18.2 Å². The molecular formula is C17H20N2O3. The first kappa shape index (κ1) is 15.8. The maximum atomic E-state index is 12.4. The van der Waals surface area contributed by atoms with Crippen LogP contribution in [0.3, 0.4) is 0 Å². The summed E-state index contributed by atoms with van der Waals surface area (Å²) in [6.07, 6.45) is 1.75. The van der Waals surface area contributed by atoms with E-state index in [2.05, 4.69) is 0 Å². The fourth-order valence-corrected chi connectivity index (χ4v) is 2.26. The van der Waals surface area contributed by atoms with Gasteiger partial charge in [-0.25, -0.2) is 4.79 Å². The van der Waals surface area contributed by atoms with Gasteiger partial charge in [-0.2, -0.15) is 0 Å². The molecule has 1 amide bonds. The van der Waals surface area contributed by atoms with Gasteiger partial charge in [-0.15, -0.1) is 0 Å². The van der Waals surface area contributed by atoms with E-state index < -0.39 is 5.97 Å². The molecule has 5 nitrogen and oxygen atoms in total. The molecule has 0 aliphatic carbocycles. The molecule has 1 heterocycles. The number of esters is 1. The first-order valence-corrected chi connectivity index (χ1v) is 7.16. The lowest BCUT2D eigenvalue weighted by Gasteiger charge is -2.26. The van der Waals surface area contributed by atoms with Crippen LogP contribution in [-0.4, -0.2) is 29.1 Å². The van der Waals surface area contributed by atoms with Crippen molar-refractivity contribution in [2.45, 2.75) is 19.9 Å². The fraction of sp³-hybridized carbons (Fsp3) is 0.294. The number of carbonyl (C=O) groups is 2. The molecule has 116 valence electrons. The lowest BCUT2D eigenvalue weighted by Crippen LogP contribution is -2.40. The highest BCUT2D eigenvalue weighted by molar-refractivity contribution is 5.97. The van der Waals surface area contributed by atoms with Crippen molar-refractivity contribution in [1.29, 1.82) is 0 Å². The van der Waals surface area contributed by atoms with Gasteiger partial charge in [-0.05, 0) is 38.1 Å². The Kier molecular flexibility index (Phi) is 4.99. The summed E-state index contributed by atoms with van der Waals surface area (Å²) in [6.45, 7) is 3.56. The second-order valence-corrected chi connectivity index (χ2v) is 5.27. The van der Waals surface area contributed by atoms with E-state index in [1.807, 2.05) is 44.2 Å². The van der Waals surface area contributed by atoms with Gasteiger partial charge in [0.25, 0.3) is 5.91 Å². The van der Waals surface area contributed by atoms with Gasteiger partial charge in [0.2, 0.25) is 0 Å². The number of rotatable bonds is 5. The number of aryl methyl sites for hydroxylation is 1. The summed E-state index contributed by atoms with van der Waals surface area (Å²) in [5, 5.41) is 0. The lowest BCUT2D eigenvalue weighted by molar-refractivity contribution is -0.122. The zero-order chi connectivity index (χ0) is 16.1. The highest BCUT2D eigenvalue weighted by Crippen LogP contribution is 2.17. The number of nitrogens with zero attached hydrogens (tertiary/aromatic N) is 2. The van der Waals surface area contributed by atoms with Gasteiger partial charge < -0.3 is 14.2 Å². The molecule has 0 saturated carbocycles. The standard InChI is InChI=1S/C17H20N2O3/c1-13(2)19(14-8-5-4-6-9-14)16(20)12-22-17(21)15-10-7-11-18(15)3/h4-11,13H,12H2,1-3H3. The van der Waals surface area contributed by atoms with Gasteiger partial charge in [0.05, 0.1) is 0 Å². The number of ether oxygens (including phenoxy) is 1. The summed E-state index contributed by atoms with van der Waals surface area (Å²) >= 11 is 0. The first-order valence-electron chi connectivity index (χ1n) is 7.16. The quantitative estimate of drug-likeness (QED) is 0.798. The molecule has 0 radical (unpaired) electrons. The Morgan fingerprint density at radius 3 is 2.36 bits per heavy atom. The predicted octanol–water partition coefficient (Wildman–Crippen LogP) is 2.62. The van der Waals surface area contributed by atoms with E-state index >= 15 is 0 Å². The second-order valence-electron chi connectivity index (χ2n) is 5.27. The molecular weight excluding hydrogens is 280 g/mol. The van der Waals surface area contributed by atoms with Gasteiger partial charge in [0.1, 0.15) is 5.69 Å². The van der Waals surface area contributed by atoms with Crippen molar-refractivity contribution in [2.24, 2.45) is 7.05 Å². The van der Waals surface area contributed by atoms with E-state index in [4.69, 9.17) is 4.74 Å². The molecule has 1 aromatic heterocycles. The molecule has 5 heteroatoms. The molecule has 0 aliphatic rings. The Morgan fingerprint density at radius 1 is 1.14 bits per heavy atom. The van der Waals surface area contributed by atoms with Gasteiger partial charge in [0.15, 0.2) is 6.61 Å². The van der Waals surface area contributed by atoms with E-state index in [1.165, 1.54) is 0 Å². The van der Waals surface area contributed by atoms with E-state index in [-0.39, 0.29) is 18.6 Å². The van der Waals surface area contributed by atoms with E-state index in [1.54, 1.807) is 34.8 Å². The van der Waals surface area contributed by atoms with E-state index in [0.29, 0.717) is 5.69 Å². The minimum atomic E-state index is -0.502. The Hall–Kier alpha value is -2.56. The molecule has 0 aliphatic heterocycles. The average Bonchev–Trinajstić information content (AvgIpc) is 2.92. The summed E-state index contributed by atoms with van der Waals surface area (Å²) in [6, 6.07) is 12.7. The number of para-hydroxylation sites is 1. The van der Waals surface area contributed by atoms with Crippen molar-refractivity contribution >= 4 is 17.6 Å². The smallest absolute Gasteiger partial charge is 0.355 e. The molecule has 2 aromatic rings. The third kappa shape index (κ3) is 3.55. The molecule has 0 saturated heterocycles. The molecule has 2 rings (SSSR count). The van der Waals surface area contributed by atoms with Crippen LogP contribution in [0.2, 0.25) is 0 Å². The normalized spacial score (nSPS) is 10.5. The van der Waals surface area contributed by atoms with Crippen molar-refractivity contribution in [1.82, 2.24) is 4.57 Å². The topological polar surface area (TPSA) is 51.5 Å². The summed E-state index contributed by atoms with van der Waals surface area (Å²) < 4.78 is 6.79. The average molecular weight is 300 g/mol. The van der Waals surface area contributed by atoms with Crippen LogP contribution in [0.25, 0.3) is 0 Å². The largest absolute Gasteiger partial charge is 0.451 e. The summed E-state index contributed by atoms with van der Waals surface area (Å²) in [4.78, 5) is 26.0. The highest BCUT2D eigenvalue weighted by Gasteiger charge is 2.21. The van der Waals surface area contributed by atoms with Crippen molar-refractivity contribution in [2.75, 3.05) is 11.5 Å². The van der Waals surface area contributed by atoms with Crippen LogP contribution in [0.5, 0.6) is 0 Å². The Labute approximate surface area is 130 Å². The molecule has 0 fully saturated rings. The van der Waals surface area contributed by atoms with Crippen LogP contribution in [0, 0.1) is 0 Å². The highest BCUT2D eigenvalue weighted by atomic mass is 16.5. The maximum Gasteiger partial charge on any atom is 0.355 e. The number of benzene rings is 1. The Bertz CT molecular complexity index is 647. The Balaban J connectivity index is 2.04. The number of hydrogen-bond donors (Lipinski definition) is 0. The molecule has 0 unspecified atom stereocenters. The number of anilines is 1. The van der Waals surface area contributed by atoms with Crippen LogP contribution in [0.15, 0.2) is 48.7 Å². The van der Waals surface area contributed by atoms with Crippen molar-refractivity contribution in [3.63, 3.8) is 0 Å². The maximum absolute atomic E-state index is 12.4. The molecule has 22 heavy (non-hydrogen) atoms. The Morgan fingerprint density at radius 2 is 1.82 bits per heavy atom. The monoisotopic (exact) mass is 300 g/mol. The number of hydrogen-bond acceptors (Lipinski definition) is 3. The zero-order valence-corrected chi connectivity index (χ0v) is 13.0. The lowest BCUT2D eigenvalue weighted by atomic mass is 10.2. The van der Waals surface area contributed by atoms with Crippen molar-refractivity contribution in [3.8, 4) is 0 Å². The third-order valence-corrected chi connectivity index (χ3v) is 3.30.